The molecule has 29 heavy (non-hydrogen) atoms. The second-order valence-corrected chi connectivity index (χ2v) is 7.74. The third-order valence-corrected chi connectivity index (χ3v) is 4.41. The largest absolute Gasteiger partial charge is 0.457 e. The summed E-state index contributed by atoms with van der Waals surface area (Å²) in [5.41, 5.74) is 1.30. The van der Waals surface area contributed by atoms with E-state index in [2.05, 4.69) is 24.3 Å². The number of halogens is 1. The fourth-order valence-electron chi connectivity index (χ4n) is 2.98. The van der Waals surface area contributed by atoms with Gasteiger partial charge in [-0.05, 0) is 56.4 Å². The molecule has 1 aromatic heterocycles. The number of nitrogens with one attached hydrogen (secondary N) is 1. The Labute approximate surface area is 170 Å². The minimum atomic E-state index is -0.343. The van der Waals surface area contributed by atoms with Crippen molar-refractivity contribution in [2.45, 2.75) is 20.4 Å². The summed E-state index contributed by atoms with van der Waals surface area (Å²) in [6.07, 6.45) is 1.77. The number of hydrogen-bond acceptors (Lipinski definition) is 4. The minimum absolute atomic E-state index is 0.219. The highest BCUT2D eigenvalue weighted by atomic mass is 19.1. The Bertz CT molecular complexity index is 980. The normalized spacial score (nSPS) is 11.4. The number of benzene rings is 2. The Kier molecular flexibility index (Phi) is 6.49. The van der Waals surface area contributed by atoms with Crippen LogP contribution in [-0.2, 0) is 6.54 Å². The molecule has 0 radical (unpaired) electrons. The molecule has 1 N–H and O–H groups in total. The fourth-order valence-corrected chi connectivity index (χ4v) is 2.98. The van der Waals surface area contributed by atoms with Crippen LogP contribution < -0.4 is 10.1 Å². The maximum atomic E-state index is 13.2. The Balaban J connectivity index is 1.97. The number of hydrogen-bond donors (Lipinski definition) is 1. The van der Waals surface area contributed by atoms with Gasteiger partial charge in [-0.15, -0.1) is 0 Å². The van der Waals surface area contributed by atoms with Crippen molar-refractivity contribution in [3.8, 4) is 11.5 Å². The van der Waals surface area contributed by atoms with E-state index in [1.54, 1.807) is 6.20 Å². The first-order valence-electron chi connectivity index (χ1n) is 9.69. The van der Waals surface area contributed by atoms with Crippen LogP contribution in [-0.4, -0.2) is 47.8 Å². The molecule has 0 spiro atoms. The Morgan fingerprint density at radius 3 is 2.62 bits per heavy atom. The maximum Gasteiger partial charge on any atom is 0.255 e. The van der Waals surface area contributed by atoms with Crippen LogP contribution in [0, 0.1) is 11.7 Å². The molecule has 0 unspecified atom stereocenters. The standard InChI is InChI=1S/C22H27FN4O2/c1-15(2)14-27-20-12-19(22(28)24-9-10-26(3)4)21(11-16(20)13-25-27)29-18-7-5-17(23)6-8-18/h5-8,11-13,15H,9-10,14H2,1-4H3,(H,24,28). The molecular formula is C22H27FN4O2. The number of likely N-dealkylation sites (N-methyl/N-ethyl adjacent to an activating group) is 1. The Hall–Kier alpha value is -2.93. The smallest absolute Gasteiger partial charge is 0.255 e. The van der Waals surface area contributed by atoms with E-state index in [-0.39, 0.29) is 11.7 Å². The first-order chi connectivity index (χ1) is 13.8. The van der Waals surface area contributed by atoms with E-state index in [1.807, 2.05) is 35.8 Å². The molecule has 0 aliphatic heterocycles. The van der Waals surface area contributed by atoms with Crippen LogP contribution >= 0.6 is 0 Å². The summed E-state index contributed by atoms with van der Waals surface area (Å²) in [5.74, 6) is 0.733. The topological polar surface area (TPSA) is 59.4 Å². The van der Waals surface area contributed by atoms with Crippen molar-refractivity contribution in [2.75, 3.05) is 27.2 Å². The van der Waals surface area contributed by atoms with Gasteiger partial charge in [0, 0.05) is 25.0 Å². The second-order valence-electron chi connectivity index (χ2n) is 7.74. The van der Waals surface area contributed by atoms with Crippen LogP contribution in [0.25, 0.3) is 10.9 Å². The highest BCUT2D eigenvalue weighted by Crippen LogP contribution is 2.30. The summed E-state index contributed by atoms with van der Waals surface area (Å²) in [5, 5.41) is 8.27. The molecule has 0 bridgehead atoms. The zero-order valence-electron chi connectivity index (χ0n) is 17.3. The number of ether oxygens (including phenoxy) is 1. The van der Waals surface area contributed by atoms with Crippen molar-refractivity contribution in [3.05, 3.63) is 54.0 Å². The van der Waals surface area contributed by atoms with Crippen LogP contribution in [0.2, 0.25) is 0 Å². The molecule has 2 aromatic carbocycles. The van der Waals surface area contributed by atoms with Gasteiger partial charge < -0.3 is 15.0 Å². The Morgan fingerprint density at radius 2 is 1.97 bits per heavy atom. The number of amides is 1. The van der Waals surface area contributed by atoms with Crippen LogP contribution in [0.1, 0.15) is 24.2 Å². The molecule has 0 saturated heterocycles. The molecule has 1 amide bonds. The SMILES string of the molecule is CC(C)Cn1ncc2cc(Oc3ccc(F)cc3)c(C(=O)NCCN(C)C)cc21. The number of aromatic nitrogens is 2. The first-order valence-corrected chi connectivity index (χ1v) is 9.69. The lowest BCUT2D eigenvalue weighted by atomic mass is 10.1. The van der Waals surface area contributed by atoms with Crippen molar-refractivity contribution in [2.24, 2.45) is 5.92 Å². The van der Waals surface area contributed by atoms with Gasteiger partial charge in [0.15, 0.2) is 0 Å². The van der Waals surface area contributed by atoms with Crippen molar-refractivity contribution >= 4 is 16.8 Å². The molecule has 0 fully saturated rings. The van der Waals surface area contributed by atoms with Gasteiger partial charge in [-0.25, -0.2) is 4.39 Å². The molecule has 0 saturated carbocycles. The molecule has 3 rings (SSSR count). The van der Waals surface area contributed by atoms with Crippen LogP contribution in [0.5, 0.6) is 11.5 Å². The molecule has 0 aliphatic rings. The van der Waals surface area contributed by atoms with E-state index in [0.717, 1.165) is 24.0 Å². The van der Waals surface area contributed by atoms with E-state index in [1.165, 1.54) is 24.3 Å². The monoisotopic (exact) mass is 398 g/mol. The average molecular weight is 398 g/mol. The van der Waals surface area contributed by atoms with E-state index in [9.17, 15) is 9.18 Å². The lowest BCUT2D eigenvalue weighted by molar-refractivity contribution is 0.0949. The van der Waals surface area contributed by atoms with E-state index in [4.69, 9.17) is 4.74 Å². The molecular weight excluding hydrogens is 371 g/mol. The minimum Gasteiger partial charge on any atom is -0.457 e. The quantitative estimate of drug-likeness (QED) is 0.625. The van der Waals surface area contributed by atoms with Gasteiger partial charge in [0.1, 0.15) is 17.3 Å². The highest BCUT2D eigenvalue weighted by molar-refractivity contribution is 6.01. The first kappa shape index (κ1) is 20.8. The summed E-state index contributed by atoms with van der Waals surface area (Å²) >= 11 is 0. The van der Waals surface area contributed by atoms with Crippen LogP contribution in [0.15, 0.2) is 42.6 Å². The predicted molar refractivity (Wildman–Crippen MR) is 112 cm³/mol. The number of carbonyl (C=O) groups is 1. The van der Waals surface area contributed by atoms with Gasteiger partial charge in [-0.1, -0.05) is 13.8 Å². The molecule has 154 valence electrons. The van der Waals surface area contributed by atoms with E-state index < -0.39 is 0 Å². The third-order valence-electron chi connectivity index (χ3n) is 4.41. The maximum absolute atomic E-state index is 13.2. The lowest BCUT2D eigenvalue weighted by Crippen LogP contribution is -2.31. The number of nitrogens with zero attached hydrogens (tertiary/aromatic N) is 3. The van der Waals surface area contributed by atoms with Crippen LogP contribution in [0.4, 0.5) is 4.39 Å². The van der Waals surface area contributed by atoms with Crippen LogP contribution in [0.3, 0.4) is 0 Å². The molecule has 7 heteroatoms. The zero-order valence-corrected chi connectivity index (χ0v) is 17.3. The number of fused-ring (bicyclic) bond motifs is 1. The predicted octanol–water partition coefficient (Wildman–Crippen LogP) is 3.92. The Morgan fingerprint density at radius 1 is 1.24 bits per heavy atom. The molecule has 0 atom stereocenters. The fraction of sp³-hybridized carbons (Fsp3) is 0.364. The van der Waals surface area contributed by atoms with Crippen molar-refractivity contribution in [3.63, 3.8) is 0 Å². The van der Waals surface area contributed by atoms with Crippen molar-refractivity contribution in [1.29, 1.82) is 0 Å². The molecule has 6 nitrogen and oxygen atoms in total. The molecule has 1 heterocycles. The lowest BCUT2D eigenvalue weighted by Gasteiger charge is -2.14. The average Bonchev–Trinajstić information content (AvgIpc) is 3.03. The number of carbonyl (C=O) groups excluding carboxylic acids is 1. The zero-order chi connectivity index (χ0) is 21.0. The van der Waals surface area contributed by atoms with Gasteiger partial charge in [0.25, 0.3) is 5.91 Å². The summed E-state index contributed by atoms with van der Waals surface area (Å²) in [7, 11) is 3.90. The molecule has 0 aliphatic carbocycles. The summed E-state index contributed by atoms with van der Waals surface area (Å²) in [4.78, 5) is 14.9. The van der Waals surface area contributed by atoms with Gasteiger partial charge in [0.05, 0.1) is 17.3 Å². The van der Waals surface area contributed by atoms with Crippen molar-refractivity contribution < 1.29 is 13.9 Å². The molecule has 3 aromatic rings. The van der Waals surface area contributed by atoms with Gasteiger partial charge >= 0.3 is 0 Å². The van der Waals surface area contributed by atoms with Crippen molar-refractivity contribution in [1.82, 2.24) is 20.0 Å². The van der Waals surface area contributed by atoms with E-state index >= 15 is 0 Å². The van der Waals surface area contributed by atoms with Gasteiger partial charge in [-0.2, -0.15) is 5.10 Å². The summed E-state index contributed by atoms with van der Waals surface area (Å²) < 4.78 is 21.1. The third kappa shape index (κ3) is 5.32. The second kappa shape index (κ2) is 9.05. The summed E-state index contributed by atoms with van der Waals surface area (Å²) in [6, 6.07) is 9.35. The van der Waals surface area contributed by atoms with Gasteiger partial charge in [0.2, 0.25) is 0 Å². The summed E-state index contributed by atoms with van der Waals surface area (Å²) in [6.45, 7) is 6.24. The van der Waals surface area contributed by atoms with E-state index in [0.29, 0.717) is 29.5 Å². The van der Waals surface area contributed by atoms with Gasteiger partial charge in [-0.3, -0.25) is 9.48 Å². The number of rotatable bonds is 8. The highest BCUT2D eigenvalue weighted by Gasteiger charge is 2.17.